The SMILES string of the molecule is C[C@@H]1CN(c2nc(C(C)(C)C)c(CCC3CCCC3)cc2C(=O)NS(=O)(=O)c2cccc(N)n2)C(C)(C)C1. The maximum Gasteiger partial charge on any atom is 0.281 e. The summed E-state index contributed by atoms with van der Waals surface area (Å²) >= 11 is 0. The minimum absolute atomic E-state index is 0.0687. The largest absolute Gasteiger partial charge is 0.384 e. The lowest BCUT2D eigenvalue weighted by atomic mass is 9.85. The predicted octanol–water partition coefficient (Wildman–Crippen LogP) is 5.22. The maximum absolute atomic E-state index is 13.7. The lowest BCUT2D eigenvalue weighted by Gasteiger charge is -2.35. The van der Waals surface area contributed by atoms with Crippen LogP contribution >= 0.6 is 0 Å². The number of carbonyl (C=O) groups is 1. The first-order valence-electron chi connectivity index (χ1n) is 13.8. The molecule has 1 saturated heterocycles. The molecule has 2 aromatic rings. The van der Waals surface area contributed by atoms with Crippen LogP contribution in [0.15, 0.2) is 29.3 Å². The number of rotatable bonds is 7. The van der Waals surface area contributed by atoms with Crippen LogP contribution in [0.2, 0.25) is 0 Å². The maximum atomic E-state index is 13.7. The standard InChI is InChI=1S/C29H43N5O3S/c1-19-17-29(5,6)34(18-19)26-22(27(35)33-38(36,37)24-13-9-12-23(30)31-24)16-21(25(32-26)28(2,3)4)15-14-20-10-7-8-11-20/h9,12-13,16,19-20H,7-8,10-11,14-15,17-18H2,1-6H3,(H2,30,31)(H,33,35)/t19-/m0/s1. The van der Waals surface area contributed by atoms with E-state index < -0.39 is 15.9 Å². The summed E-state index contributed by atoms with van der Waals surface area (Å²) in [6, 6.07) is 6.23. The quantitative estimate of drug-likeness (QED) is 0.493. The molecule has 0 bridgehead atoms. The summed E-state index contributed by atoms with van der Waals surface area (Å²) in [5.74, 6) is 1.02. The number of pyridine rings is 2. The van der Waals surface area contributed by atoms with Gasteiger partial charge in [0.1, 0.15) is 11.6 Å². The van der Waals surface area contributed by atoms with E-state index in [1.807, 2.05) is 6.07 Å². The first kappa shape index (κ1) is 28.3. The molecule has 0 aromatic carbocycles. The van der Waals surface area contributed by atoms with Gasteiger partial charge in [-0.2, -0.15) is 8.42 Å². The first-order valence-corrected chi connectivity index (χ1v) is 15.3. The molecule has 9 heteroatoms. The highest BCUT2D eigenvalue weighted by Gasteiger charge is 2.40. The third-order valence-electron chi connectivity index (χ3n) is 7.91. The number of nitrogens with two attached hydrogens (primary N) is 1. The van der Waals surface area contributed by atoms with Gasteiger partial charge in [-0.1, -0.05) is 59.4 Å². The molecule has 0 radical (unpaired) electrons. The fourth-order valence-corrected chi connectivity index (χ4v) is 7.13. The van der Waals surface area contributed by atoms with Crippen molar-refractivity contribution in [1.29, 1.82) is 0 Å². The van der Waals surface area contributed by atoms with Crippen molar-refractivity contribution in [3.8, 4) is 0 Å². The summed E-state index contributed by atoms with van der Waals surface area (Å²) in [7, 11) is -4.22. The number of hydrogen-bond donors (Lipinski definition) is 2. The Labute approximate surface area is 227 Å². The molecule has 1 saturated carbocycles. The number of nitrogen functional groups attached to an aromatic ring is 1. The molecular formula is C29H43N5O3S. The number of aromatic nitrogens is 2. The van der Waals surface area contributed by atoms with Gasteiger partial charge in [0.25, 0.3) is 15.9 Å². The highest BCUT2D eigenvalue weighted by molar-refractivity contribution is 7.90. The van der Waals surface area contributed by atoms with Crippen molar-refractivity contribution in [1.82, 2.24) is 14.7 Å². The summed E-state index contributed by atoms with van der Waals surface area (Å²) in [5, 5.41) is -0.289. The van der Waals surface area contributed by atoms with Crippen LogP contribution in [0.3, 0.4) is 0 Å². The van der Waals surface area contributed by atoms with Crippen LogP contribution in [0.25, 0.3) is 0 Å². The lowest BCUT2D eigenvalue weighted by molar-refractivity contribution is 0.0981. The Morgan fingerprint density at radius 1 is 1.18 bits per heavy atom. The fraction of sp³-hybridized carbons (Fsp3) is 0.621. The number of hydrogen-bond acceptors (Lipinski definition) is 7. The van der Waals surface area contributed by atoms with E-state index >= 15 is 0 Å². The molecule has 4 rings (SSSR count). The Hall–Kier alpha value is -2.68. The normalized spacial score (nSPS) is 20.2. The van der Waals surface area contributed by atoms with Gasteiger partial charge in [0.15, 0.2) is 5.03 Å². The molecule has 3 heterocycles. The Morgan fingerprint density at radius 2 is 1.87 bits per heavy atom. The summed E-state index contributed by atoms with van der Waals surface area (Å²) in [6.45, 7) is 13.7. The van der Waals surface area contributed by atoms with Crippen LogP contribution < -0.4 is 15.4 Å². The molecule has 3 N–H and O–H groups in total. The van der Waals surface area contributed by atoms with Crippen LogP contribution in [0.4, 0.5) is 11.6 Å². The number of amides is 1. The first-order chi connectivity index (χ1) is 17.7. The molecular weight excluding hydrogens is 498 g/mol. The highest BCUT2D eigenvalue weighted by atomic mass is 32.2. The van der Waals surface area contributed by atoms with Gasteiger partial charge in [0, 0.05) is 17.5 Å². The number of anilines is 2. The van der Waals surface area contributed by atoms with Crippen LogP contribution in [0.5, 0.6) is 0 Å². The van der Waals surface area contributed by atoms with E-state index in [2.05, 4.69) is 56.1 Å². The minimum Gasteiger partial charge on any atom is -0.384 e. The van der Waals surface area contributed by atoms with E-state index in [0.29, 0.717) is 17.7 Å². The highest BCUT2D eigenvalue weighted by Crippen LogP contribution is 2.40. The molecule has 0 spiro atoms. The number of carbonyl (C=O) groups excluding carboxylic acids is 1. The van der Waals surface area contributed by atoms with E-state index in [1.165, 1.54) is 43.9 Å². The molecule has 8 nitrogen and oxygen atoms in total. The van der Waals surface area contributed by atoms with E-state index in [9.17, 15) is 13.2 Å². The number of nitrogens with zero attached hydrogens (tertiary/aromatic N) is 3. The third kappa shape index (κ3) is 6.14. The average Bonchev–Trinajstić information content (AvgIpc) is 3.42. The van der Waals surface area contributed by atoms with Crippen molar-refractivity contribution < 1.29 is 13.2 Å². The molecule has 1 aliphatic carbocycles. The fourth-order valence-electron chi connectivity index (χ4n) is 6.19. The van der Waals surface area contributed by atoms with Gasteiger partial charge < -0.3 is 10.6 Å². The van der Waals surface area contributed by atoms with Gasteiger partial charge in [-0.05, 0) is 68.7 Å². The molecule has 208 valence electrons. The van der Waals surface area contributed by atoms with Crippen LogP contribution in [0.1, 0.15) is 102 Å². The van der Waals surface area contributed by atoms with E-state index in [1.54, 1.807) is 0 Å². The topological polar surface area (TPSA) is 118 Å². The zero-order chi connectivity index (χ0) is 27.9. The third-order valence-corrected chi connectivity index (χ3v) is 9.14. The van der Waals surface area contributed by atoms with Crippen LogP contribution in [0, 0.1) is 11.8 Å². The average molecular weight is 542 g/mol. The van der Waals surface area contributed by atoms with Gasteiger partial charge in [-0.3, -0.25) is 4.79 Å². The van der Waals surface area contributed by atoms with Gasteiger partial charge in [-0.15, -0.1) is 0 Å². The monoisotopic (exact) mass is 541 g/mol. The summed E-state index contributed by atoms with van der Waals surface area (Å²) in [4.78, 5) is 25.0. The van der Waals surface area contributed by atoms with Crippen molar-refractivity contribution in [3.05, 3.63) is 41.1 Å². The molecule has 38 heavy (non-hydrogen) atoms. The second kappa shape index (κ2) is 10.5. The van der Waals surface area contributed by atoms with Crippen molar-refractivity contribution in [2.24, 2.45) is 11.8 Å². The smallest absolute Gasteiger partial charge is 0.281 e. The molecule has 0 unspecified atom stereocenters. The molecule has 1 amide bonds. The Bertz CT molecular complexity index is 1290. The molecule has 1 aliphatic heterocycles. The lowest BCUT2D eigenvalue weighted by Crippen LogP contribution is -2.41. The van der Waals surface area contributed by atoms with Crippen molar-refractivity contribution in [2.75, 3.05) is 17.2 Å². The predicted molar refractivity (Wildman–Crippen MR) is 152 cm³/mol. The van der Waals surface area contributed by atoms with E-state index in [-0.39, 0.29) is 27.4 Å². The van der Waals surface area contributed by atoms with Gasteiger partial charge in [0.2, 0.25) is 0 Å². The Balaban J connectivity index is 1.80. The van der Waals surface area contributed by atoms with Crippen molar-refractivity contribution >= 4 is 27.6 Å². The summed E-state index contributed by atoms with van der Waals surface area (Å²) in [6.07, 6.45) is 7.86. The van der Waals surface area contributed by atoms with Crippen LogP contribution in [-0.2, 0) is 21.9 Å². The van der Waals surface area contributed by atoms with Crippen LogP contribution in [-0.4, -0.2) is 36.4 Å². The molecule has 1 atom stereocenters. The number of sulfonamides is 1. The number of aryl methyl sites for hydroxylation is 1. The second-order valence-electron chi connectivity index (χ2n) is 12.9. The van der Waals surface area contributed by atoms with E-state index in [4.69, 9.17) is 10.7 Å². The number of nitrogens with one attached hydrogen (secondary N) is 1. The van der Waals surface area contributed by atoms with Gasteiger partial charge >= 0.3 is 0 Å². The molecule has 2 aliphatic rings. The zero-order valence-corrected chi connectivity index (χ0v) is 24.5. The van der Waals surface area contributed by atoms with Crippen molar-refractivity contribution in [2.45, 2.75) is 102 Å². The zero-order valence-electron chi connectivity index (χ0n) is 23.7. The van der Waals surface area contributed by atoms with Gasteiger partial charge in [-0.25, -0.2) is 14.7 Å². The Morgan fingerprint density at radius 3 is 2.45 bits per heavy atom. The molecule has 2 aromatic heterocycles. The van der Waals surface area contributed by atoms with Gasteiger partial charge in [0.05, 0.1) is 11.3 Å². The molecule has 2 fully saturated rings. The minimum atomic E-state index is -4.22. The summed E-state index contributed by atoms with van der Waals surface area (Å²) in [5.41, 5.74) is 7.52. The van der Waals surface area contributed by atoms with E-state index in [0.717, 1.165) is 37.1 Å². The second-order valence-corrected chi connectivity index (χ2v) is 14.5. The Kier molecular flexibility index (Phi) is 7.81. The van der Waals surface area contributed by atoms with Crippen molar-refractivity contribution in [3.63, 3.8) is 0 Å². The summed E-state index contributed by atoms with van der Waals surface area (Å²) < 4.78 is 28.5.